The van der Waals surface area contributed by atoms with E-state index in [9.17, 15) is 4.79 Å². The van der Waals surface area contributed by atoms with Gasteiger partial charge in [-0.1, -0.05) is 12.1 Å². The SMILES string of the molecule is CCCc1nc(CSC[C@@H](N)C(=O)O)no1. The van der Waals surface area contributed by atoms with Gasteiger partial charge in [0, 0.05) is 12.2 Å². The maximum absolute atomic E-state index is 10.4. The van der Waals surface area contributed by atoms with Gasteiger partial charge in [-0.15, -0.1) is 0 Å². The van der Waals surface area contributed by atoms with Crippen LogP contribution < -0.4 is 5.73 Å². The Hall–Kier alpha value is -1.08. The second-order valence-corrected chi connectivity index (χ2v) is 4.34. The Labute approximate surface area is 97.6 Å². The fourth-order valence-corrected chi connectivity index (χ4v) is 1.83. The van der Waals surface area contributed by atoms with Gasteiger partial charge in [0.15, 0.2) is 5.82 Å². The molecule has 0 fully saturated rings. The number of carboxylic acids is 1. The number of aliphatic carboxylic acids is 1. The van der Waals surface area contributed by atoms with E-state index >= 15 is 0 Å². The van der Waals surface area contributed by atoms with Crippen molar-refractivity contribution in [1.29, 1.82) is 0 Å². The van der Waals surface area contributed by atoms with E-state index in [1.54, 1.807) is 0 Å². The Morgan fingerprint density at radius 3 is 3.06 bits per heavy atom. The van der Waals surface area contributed by atoms with Crippen LogP contribution in [0.5, 0.6) is 0 Å². The average Bonchev–Trinajstić information content (AvgIpc) is 2.66. The summed E-state index contributed by atoms with van der Waals surface area (Å²) in [4.78, 5) is 14.6. The summed E-state index contributed by atoms with van der Waals surface area (Å²) in [6, 6.07) is -0.841. The molecule has 90 valence electrons. The van der Waals surface area contributed by atoms with E-state index < -0.39 is 12.0 Å². The molecule has 0 aromatic carbocycles. The lowest BCUT2D eigenvalue weighted by Gasteiger charge is -2.03. The van der Waals surface area contributed by atoms with Crippen LogP contribution >= 0.6 is 11.8 Å². The Balaban J connectivity index is 2.29. The van der Waals surface area contributed by atoms with Crippen LogP contribution in [-0.4, -0.2) is 33.0 Å². The largest absolute Gasteiger partial charge is 0.480 e. The van der Waals surface area contributed by atoms with E-state index in [-0.39, 0.29) is 0 Å². The van der Waals surface area contributed by atoms with Crippen molar-refractivity contribution < 1.29 is 14.4 Å². The van der Waals surface area contributed by atoms with Crippen LogP contribution in [0.25, 0.3) is 0 Å². The number of thioether (sulfide) groups is 1. The quantitative estimate of drug-likeness (QED) is 0.727. The first kappa shape index (κ1) is 13.0. The minimum absolute atomic E-state index is 0.340. The van der Waals surface area contributed by atoms with E-state index in [0.29, 0.717) is 23.2 Å². The Bertz CT molecular complexity index is 342. The third kappa shape index (κ3) is 4.19. The maximum Gasteiger partial charge on any atom is 0.321 e. The van der Waals surface area contributed by atoms with Gasteiger partial charge in [0.1, 0.15) is 6.04 Å². The van der Waals surface area contributed by atoms with E-state index in [1.807, 2.05) is 6.92 Å². The third-order valence-electron chi connectivity index (χ3n) is 1.82. The first-order valence-electron chi connectivity index (χ1n) is 5.01. The van der Waals surface area contributed by atoms with Gasteiger partial charge in [0.05, 0.1) is 5.75 Å². The Kier molecular flexibility index (Phi) is 5.27. The molecule has 0 unspecified atom stereocenters. The molecule has 0 aliphatic carbocycles. The monoisotopic (exact) mass is 245 g/mol. The summed E-state index contributed by atoms with van der Waals surface area (Å²) in [7, 11) is 0. The summed E-state index contributed by atoms with van der Waals surface area (Å²) in [5, 5.41) is 12.3. The molecule has 16 heavy (non-hydrogen) atoms. The second kappa shape index (κ2) is 6.49. The molecule has 1 aromatic rings. The smallest absolute Gasteiger partial charge is 0.321 e. The van der Waals surface area contributed by atoms with Gasteiger partial charge in [-0.2, -0.15) is 16.7 Å². The van der Waals surface area contributed by atoms with Crippen LogP contribution in [0.2, 0.25) is 0 Å². The van der Waals surface area contributed by atoms with Gasteiger partial charge in [-0.25, -0.2) is 0 Å². The maximum atomic E-state index is 10.4. The highest BCUT2D eigenvalue weighted by Gasteiger charge is 2.12. The fraction of sp³-hybridized carbons (Fsp3) is 0.667. The lowest BCUT2D eigenvalue weighted by Crippen LogP contribution is -2.32. The highest BCUT2D eigenvalue weighted by molar-refractivity contribution is 7.98. The molecule has 3 N–H and O–H groups in total. The molecule has 1 aromatic heterocycles. The van der Waals surface area contributed by atoms with E-state index in [4.69, 9.17) is 15.4 Å². The van der Waals surface area contributed by atoms with Crippen LogP contribution in [0.4, 0.5) is 0 Å². The number of aromatic nitrogens is 2. The summed E-state index contributed by atoms with van der Waals surface area (Å²) >= 11 is 1.38. The van der Waals surface area contributed by atoms with Gasteiger partial charge in [0.25, 0.3) is 0 Å². The lowest BCUT2D eigenvalue weighted by atomic mass is 10.3. The number of nitrogens with zero attached hydrogens (tertiary/aromatic N) is 2. The molecule has 1 rings (SSSR count). The number of carboxylic acid groups (broad SMARTS) is 1. The minimum atomic E-state index is -0.993. The van der Waals surface area contributed by atoms with E-state index in [0.717, 1.165) is 12.8 Å². The molecular weight excluding hydrogens is 230 g/mol. The standard InChI is InChI=1S/C9H15N3O3S/c1-2-3-8-11-7(12-15-8)5-16-4-6(10)9(13)14/h6H,2-5,10H2,1H3,(H,13,14)/t6-/m1/s1. The predicted molar refractivity (Wildman–Crippen MR) is 60.1 cm³/mol. The molecule has 0 bridgehead atoms. The molecular formula is C9H15N3O3S. The van der Waals surface area contributed by atoms with Gasteiger partial charge in [0.2, 0.25) is 5.89 Å². The summed E-state index contributed by atoms with van der Waals surface area (Å²) in [6.07, 6.45) is 1.73. The van der Waals surface area contributed by atoms with Crippen molar-refractivity contribution in [3.63, 3.8) is 0 Å². The van der Waals surface area contributed by atoms with Crippen molar-refractivity contribution in [3.8, 4) is 0 Å². The van der Waals surface area contributed by atoms with Gasteiger partial charge >= 0.3 is 5.97 Å². The highest BCUT2D eigenvalue weighted by atomic mass is 32.2. The fourth-order valence-electron chi connectivity index (χ4n) is 1.01. The molecule has 0 saturated heterocycles. The van der Waals surface area contributed by atoms with Crippen LogP contribution in [-0.2, 0) is 17.0 Å². The first-order valence-corrected chi connectivity index (χ1v) is 6.16. The third-order valence-corrected chi connectivity index (χ3v) is 2.88. The minimum Gasteiger partial charge on any atom is -0.480 e. The summed E-state index contributed by atoms with van der Waals surface area (Å²) in [5.41, 5.74) is 5.35. The zero-order valence-corrected chi connectivity index (χ0v) is 9.87. The van der Waals surface area contributed by atoms with Crippen molar-refractivity contribution in [2.75, 3.05) is 5.75 Å². The zero-order valence-electron chi connectivity index (χ0n) is 9.05. The molecule has 0 aliphatic heterocycles. The van der Waals surface area contributed by atoms with Gasteiger partial charge in [-0.3, -0.25) is 4.79 Å². The van der Waals surface area contributed by atoms with Crippen LogP contribution in [0.15, 0.2) is 4.52 Å². The molecule has 6 nitrogen and oxygen atoms in total. The van der Waals surface area contributed by atoms with Crippen LogP contribution in [0.3, 0.4) is 0 Å². The van der Waals surface area contributed by atoms with Crippen LogP contribution in [0.1, 0.15) is 25.1 Å². The summed E-state index contributed by atoms with van der Waals surface area (Å²) in [5.74, 6) is 1.08. The molecule has 0 amide bonds. The van der Waals surface area contributed by atoms with Crippen molar-refractivity contribution in [3.05, 3.63) is 11.7 Å². The Morgan fingerprint density at radius 1 is 1.69 bits per heavy atom. The number of carbonyl (C=O) groups is 1. The van der Waals surface area contributed by atoms with Gasteiger partial charge in [-0.05, 0) is 6.42 Å². The number of rotatable bonds is 7. The van der Waals surface area contributed by atoms with Gasteiger partial charge < -0.3 is 15.4 Å². The molecule has 1 heterocycles. The van der Waals surface area contributed by atoms with Crippen LogP contribution in [0, 0.1) is 0 Å². The number of nitrogens with two attached hydrogens (primary N) is 1. The molecule has 0 radical (unpaired) electrons. The molecule has 7 heteroatoms. The molecule has 0 saturated carbocycles. The lowest BCUT2D eigenvalue weighted by molar-refractivity contribution is -0.137. The average molecular weight is 245 g/mol. The van der Waals surface area contributed by atoms with E-state index in [1.165, 1.54) is 11.8 Å². The van der Waals surface area contributed by atoms with Crippen molar-refractivity contribution >= 4 is 17.7 Å². The summed E-state index contributed by atoms with van der Waals surface area (Å²) < 4.78 is 4.99. The zero-order chi connectivity index (χ0) is 12.0. The molecule has 1 atom stereocenters. The van der Waals surface area contributed by atoms with E-state index in [2.05, 4.69) is 10.1 Å². The predicted octanol–water partition coefficient (Wildman–Crippen LogP) is 0.667. The molecule has 0 aliphatic rings. The summed E-state index contributed by atoms with van der Waals surface area (Å²) in [6.45, 7) is 2.03. The number of aryl methyl sites for hydroxylation is 1. The Morgan fingerprint density at radius 2 is 2.44 bits per heavy atom. The topological polar surface area (TPSA) is 102 Å². The second-order valence-electron chi connectivity index (χ2n) is 3.31. The van der Waals surface area contributed by atoms with Crippen molar-refractivity contribution in [2.45, 2.75) is 31.6 Å². The van der Waals surface area contributed by atoms with Crippen molar-refractivity contribution in [2.24, 2.45) is 5.73 Å². The van der Waals surface area contributed by atoms with Crippen molar-refractivity contribution in [1.82, 2.24) is 10.1 Å². The number of hydrogen-bond donors (Lipinski definition) is 2. The highest BCUT2D eigenvalue weighted by Crippen LogP contribution is 2.10. The first-order chi connectivity index (χ1) is 7.63. The normalized spacial score (nSPS) is 12.6. The number of hydrogen-bond acceptors (Lipinski definition) is 6. The molecule has 0 spiro atoms.